The molecule has 1 aromatic rings. The molecule has 18 heavy (non-hydrogen) atoms. The topological polar surface area (TPSA) is 94.8 Å². The summed E-state index contributed by atoms with van der Waals surface area (Å²) in [5, 5.41) is 27.5. The lowest BCUT2D eigenvalue weighted by molar-refractivity contribution is -0.137. The van der Waals surface area contributed by atoms with Gasteiger partial charge in [-0.15, -0.1) is 0 Å². The van der Waals surface area contributed by atoms with Crippen LogP contribution in [-0.4, -0.2) is 27.1 Å². The molecule has 0 radical (unpaired) electrons. The molecule has 1 atom stereocenters. The first-order valence-electron chi connectivity index (χ1n) is 5.74. The molecule has 1 unspecified atom stereocenters. The van der Waals surface area contributed by atoms with E-state index in [1.165, 1.54) is 18.2 Å². The molecule has 1 aromatic carbocycles. The van der Waals surface area contributed by atoms with Gasteiger partial charge in [-0.25, -0.2) is 0 Å². The van der Waals surface area contributed by atoms with E-state index in [0.717, 1.165) is 0 Å². The number of rotatable bonds is 6. The predicted molar refractivity (Wildman–Crippen MR) is 64.8 cm³/mol. The Bertz CT molecular complexity index is 453. The molecule has 0 amide bonds. The molecule has 0 aliphatic heterocycles. The fourth-order valence-corrected chi connectivity index (χ4v) is 1.77. The Morgan fingerprint density at radius 2 is 1.94 bits per heavy atom. The van der Waals surface area contributed by atoms with Gasteiger partial charge < -0.3 is 15.3 Å². The van der Waals surface area contributed by atoms with Crippen LogP contribution in [0.5, 0.6) is 11.5 Å². The van der Waals surface area contributed by atoms with E-state index in [1.54, 1.807) is 6.92 Å². The first-order chi connectivity index (χ1) is 8.47. The molecular weight excluding hydrogens is 236 g/mol. The second-order valence-electron chi connectivity index (χ2n) is 4.08. The lowest BCUT2D eigenvalue weighted by Gasteiger charge is -2.13. The van der Waals surface area contributed by atoms with Crippen molar-refractivity contribution >= 4 is 11.8 Å². The quantitative estimate of drug-likeness (QED) is 0.532. The summed E-state index contributed by atoms with van der Waals surface area (Å²) in [4.78, 5) is 22.6. The number of para-hydroxylation sites is 1. The van der Waals surface area contributed by atoms with Gasteiger partial charge in [-0.3, -0.25) is 9.59 Å². The summed E-state index contributed by atoms with van der Waals surface area (Å²) < 4.78 is 0. The number of Topliss-reactive ketones (excluding diaryl/α,β-unsaturated/α-hetero) is 1. The van der Waals surface area contributed by atoms with Crippen LogP contribution in [0.1, 0.15) is 36.5 Å². The Hall–Kier alpha value is -2.04. The van der Waals surface area contributed by atoms with Crippen molar-refractivity contribution in [3.05, 3.63) is 23.8 Å². The number of aromatic hydroxyl groups is 2. The van der Waals surface area contributed by atoms with Crippen molar-refractivity contribution in [3.63, 3.8) is 0 Å². The van der Waals surface area contributed by atoms with Gasteiger partial charge in [0, 0.05) is 12.3 Å². The fraction of sp³-hybridized carbons (Fsp3) is 0.385. The van der Waals surface area contributed by atoms with Crippen LogP contribution in [0, 0.1) is 5.92 Å². The summed E-state index contributed by atoms with van der Waals surface area (Å²) in [5.41, 5.74) is 0.0345. The van der Waals surface area contributed by atoms with Crippen LogP contribution in [0.3, 0.4) is 0 Å². The highest BCUT2D eigenvalue weighted by Crippen LogP contribution is 2.31. The fourth-order valence-electron chi connectivity index (χ4n) is 1.77. The maximum atomic E-state index is 12.1. The van der Waals surface area contributed by atoms with E-state index in [2.05, 4.69) is 0 Å². The molecule has 0 spiro atoms. The third kappa shape index (κ3) is 3.23. The molecule has 1 rings (SSSR count). The van der Waals surface area contributed by atoms with Crippen LogP contribution in [0.2, 0.25) is 0 Å². The average Bonchev–Trinajstić information content (AvgIpc) is 2.32. The highest BCUT2D eigenvalue weighted by molar-refractivity contribution is 6.01. The molecule has 5 nitrogen and oxygen atoms in total. The van der Waals surface area contributed by atoms with Gasteiger partial charge in [0.1, 0.15) is 0 Å². The van der Waals surface area contributed by atoms with Crippen molar-refractivity contribution < 1.29 is 24.9 Å². The first-order valence-corrected chi connectivity index (χ1v) is 5.74. The maximum Gasteiger partial charge on any atom is 0.303 e. The molecule has 98 valence electrons. The third-order valence-electron chi connectivity index (χ3n) is 2.85. The van der Waals surface area contributed by atoms with Gasteiger partial charge in [-0.2, -0.15) is 0 Å². The van der Waals surface area contributed by atoms with Gasteiger partial charge in [0.05, 0.1) is 5.56 Å². The molecule has 0 saturated heterocycles. The van der Waals surface area contributed by atoms with Gasteiger partial charge >= 0.3 is 5.97 Å². The molecule has 0 fully saturated rings. The van der Waals surface area contributed by atoms with E-state index < -0.39 is 17.6 Å². The summed E-state index contributed by atoms with van der Waals surface area (Å²) in [6.45, 7) is 1.78. The van der Waals surface area contributed by atoms with Gasteiger partial charge in [0.15, 0.2) is 17.3 Å². The van der Waals surface area contributed by atoms with Crippen molar-refractivity contribution in [1.82, 2.24) is 0 Å². The van der Waals surface area contributed by atoms with Crippen molar-refractivity contribution in [2.45, 2.75) is 26.2 Å². The number of phenolic OH excluding ortho intramolecular Hbond substituents is 2. The van der Waals surface area contributed by atoms with E-state index in [4.69, 9.17) is 5.11 Å². The molecule has 0 saturated carbocycles. The zero-order valence-electron chi connectivity index (χ0n) is 10.1. The predicted octanol–water partition coefficient (Wildman–Crippen LogP) is 2.17. The summed E-state index contributed by atoms with van der Waals surface area (Å²) in [5.74, 6) is -2.56. The molecule has 0 aliphatic carbocycles. The Kier molecular flexibility index (Phi) is 4.71. The van der Waals surface area contributed by atoms with Crippen LogP contribution in [0.25, 0.3) is 0 Å². The van der Waals surface area contributed by atoms with Crippen molar-refractivity contribution in [3.8, 4) is 11.5 Å². The second kappa shape index (κ2) is 6.05. The second-order valence-corrected chi connectivity index (χ2v) is 4.08. The highest BCUT2D eigenvalue weighted by atomic mass is 16.4. The number of carbonyl (C=O) groups is 2. The van der Waals surface area contributed by atoms with Crippen molar-refractivity contribution in [2.75, 3.05) is 0 Å². The summed E-state index contributed by atoms with van der Waals surface area (Å²) in [6.07, 6.45) is 0.616. The zero-order valence-corrected chi connectivity index (χ0v) is 10.1. The highest BCUT2D eigenvalue weighted by Gasteiger charge is 2.22. The van der Waals surface area contributed by atoms with Crippen LogP contribution in [-0.2, 0) is 4.79 Å². The molecular formula is C13H16O5. The third-order valence-corrected chi connectivity index (χ3v) is 2.85. The number of hydrogen-bond acceptors (Lipinski definition) is 4. The summed E-state index contributed by atoms with van der Waals surface area (Å²) in [7, 11) is 0. The SMILES string of the molecule is CCC(CCC(=O)O)C(=O)c1cccc(O)c1O. The standard InChI is InChI=1S/C13H16O5/c1-2-8(6-7-11(15)16)12(17)9-4-3-5-10(14)13(9)18/h3-5,8,14,18H,2,6-7H2,1H3,(H,15,16). The van der Waals surface area contributed by atoms with E-state index >= 15 is 0 Å². The molecule has 0 aliphatic rings. The Morgan fingerprint density at radius 1 is 1.28 bits per heavy atom. The first kappa shape index (κ1) is 14.0. The number of phenols is 2. The van der Waals surface area contributed by atoms with Crippen LogP contribution in [0.4, 0.5) is 0 Å². The van der Waals surface area contributed by atoms with Crippen molar-refractivity contribution in [2.24, 2.45) is 5.92 Å². The molecule has 0 bridgehead atoms. The smallest absolute Gasteiger partial charge is 0.303 e. The number of benzene rings is 1. The largest absolute Gasteiger partial charge is 0.504 e. The van der Waals surface area contributed by atoms with Gasteiger partial charge in [-0.05, 0) is 25.0 Å². The van der Waals surface area contributed by atoms with Crippen LogP contribution in [0.15, 0.2) is 18.2 Å². The number of carbonyl (C=O) groups excluding carboxylic acids is 1. The number of hydrogen-bond donors (Lipinski definition) is 3. The number of carboxylic acids is 1. The molecule has 0 aromatic heterocycles. The Morgan fingerprint density at radius 3 is 2.50 bits per heavy atom. The van der Waals surface area contributed by atoms with E-state index in [-0.39, 0.29) is 29.9 Å². The number of carboxylic acid groups (broad SMARTS) is 1. The van der Waals surface area contributed by atoms with Crippen LogP contribution >= 0.6 is 0 Å². The Balaban J connectivity index is 2.89. The molecule has 3 N–H and O–H groups in total. The van der Waals surface area contributed by atoms with Gasteiger partial charge in [-0.1, -0.05) is 13.0 Å². The zero-order chi connectivity index (χ0) is 13.7. The average molecular weight is 252 g/mol. The van der Waals surface area contributed by atoms with E-state index in [0.29, 0.717) is 6.42 Å². The summed E-state index contributed by atoms with van der Waals surface area (Å²) >= 11 is 0. The minimum atomic E-state index is -0.957. The van der Waals surface area contributed by atoms with Crippen LogP contribution < -0.4 is 0 Å². The van der Waals surface area contributed by atoms with Gasteiger partial charge in [0.25, 0.3) is 0 Å². The van der Waals surface area contributed by atoms with Gasteiger partial charge in [0.2, 0.25) is 0 Å². The van der Waals surface area contributed by atoms with E-state index in [9.17, 15) is 19.8 Å². The Labute approximate surface area is 105 Å². The van der Waals surface area contributed by atoms with Crippen molar-refractivity contribution in [1.29, 1.82) is 0 Å². The number of aliphatic carboxylic acids is 1. The lowest BCUT2D eigenvalue weighted by Crippen LogP contribution is -2.15. The lowest BCUT2D eigenvalue weighted by atomic mass is 9.90. The summed E-state index contributed by atoms with van der Waals surface area (Å²) in [6, 6.07) is 4.16. The number of ketones is 1. The maximum absolute atomic E-state index is 12.1. The molecule has 0 heterocycles. The molecule has 5 heteroatoms. The normalized spacial score (nSPS) is 12.1. The minimum Gasteiger partial charge on any atom is -0.504 e. The monoisotopic (exact) mass is 252 g/mol. The minimum absolute atomic E-state index is 0.0345. The van der Waals surface area contributed by atoms with E-state index in [1.807, 2.05) is 0 Å².